The van der Waals surface area contributed by atoms with Crippen molar-refractivity contribution in [2.24, 2.45) is 0 Å². The van der Waals surface area contributed by atoms with Gasteiger partial charge in [0, 0.05) is 11.3 Å². The number of hydrogen-bond donors (Lipinski definition) is 1. The number of para-hydroxylation sites is 1. The summed E-state index contributed by atoms with van der Waals surface area (Å²) in [7, 11) is 0. The van der Waals surface area contributed by atoms with E-state index < -0.39 is 6.10 Å². The Morgan fingerprint density at radius 1 is 1.44 bits per heavy atom. The van der Waals surface area contributed by atoms with Gasteiger partial charge in [0.2, 0.25) is 0 Å². The second-order valence-corrected chi connectivity index (χ2v) is 6.20. The van der Waals surface area contributed by atoms with Crippen molar-refractivity contribution in [1.29, 1.82) is 0 Å². The molecular formula is C14H13ClO2S. The molecule has 2 aromatic rings. The van der Waals surface area contributed by atoms with E-state index in [-0.39, 0.29) is 6.10 Å². The number of rotatable bonds is 2. The van der Waals surface area contributed by atoms with Crippen molar-refractivity contribution in [2.45, 2.75) is 25.6 Å². The largest absolute Gasteiger partial charge is 0.487 e. The number of fused-ring (bicyclic) bond motifs is 1. The van der Waals surface area contributed by atoms with Crippen molar-refractivity contribution < 1.29 is 9.84 Å². The summed E-state index contributed by atoms with van der Waals surface area (Å²) in [6.45, 7) is 1.94. The first-order valence-corrected chi connectivity index (χ1v) is 7.03. The lowest BCUT2D eigenvalue weighted by atomic mass is 10.1. The standard InChI is InChI=1S/C14H13ClO2S/c1-8-6-12(18-14(8)15)13(16)11-7-9-4-2-3-5-10(9)17-11/h2-6,11,13,16H,7H2,1H3. The first kappa shape index (κ1) is 12.0. The Bertz CT molecular complexity index is 534. The highest BCUT2D eigenvalue weighted by atomic mass is 35.5. The number of thiophene rings is 1. The minimum atomic E-state index is -0.617. The van der Waals surface area contributed by atoms with Crippen molar-refractivity contribution >= 4 is 22.9 Å². The fourth-order valence-corrected chi connectivity index (χ4v) is 3.45. The molecule has 1 aliphatic rings. The van der Waals surface area contributed by atoms with E-state index in [0.29, 0.717) is 0 Å². The third kappa shape index (κ3) is 2.03. The third-order valence-corrected chi connectivity index (χ3v) is 4.82. The molecule has 1 aliphatic heterocycles. The maximum atomic E-state index is 10.4. The van der Waals surface area contributed by atoms with E-state index in [1.165, 1.54) is 11.3 Å². The number of aliphatic hydroxyl groups is 1. The zero-order valence-corrected chi connectivity index (χ0v) is 11.5. The van der Waals surface area contributed by atoms with Gasteiger partial charge in [-0.2, -0.15) is 0 Å². The average molecular weight is 281 g/mol. The lowest BCUT2D eigenvalue weighted by Gasteiger charge is -2.16. The van der Waals surface area contributed by atoms with Crippen LogP contribution in [0.4, 0.5) is 0 Å². The van der Waals surface area contributed by atoms with Crippen molar-refractivity contribution in [3.05, 3.63) is 50.7 Å². The molecule has 18 heavy (non-hydrogen) atoms. The summed E-state index contributed by atoms with van der Waals surface area (Å²) in [4.78, 5) is 0.871. The van der Waals surface area contributed by atoms with Crippen molar-refractivity contribution in [3.8, 4) is 5.75 Å². The van der Waals surface area contributed by atoms with Crippen LogP contribution in [0.1, 0.15) is 22.1 Å². The number of hydrogen-bond acceptors (Lipinski definition) is 3. The smallest absolute Gasteiger partial charge is 0.134 e. The summed E-state index contributed by atoms with van der Waals surface area (Å²) >= 11 is 7.46. The van der Waals surface area contributed by atoms with Crippen LogP contribution >= 0.6 is 22.9 Å². The number of benzene rings is 1. The van der Waals surface area contributed by atoms with Crippen molar-refractivity contribution in [1.82, 2.24) is 0 Å². The van der Waals surface area contributed by atoms with Gasteiger partial charge in [0.15, 0.2) is 0 Å². The van der Waals surface area contributed by atoms with E-state index in [2.05, 4.69) is 0 Å². The quantitative estimate of drug-likeness (QED) is 0.908. The predicted octanol–water partition coefficient (Wildman–Crippen LogP) is 3.75. The molecule has 0 saturated carbocycles. The molecule has 0 bridgehead atoms. The highest BCUT2D eigenvalue weighted by Gasteiger charge is 2.31. The van der Waals surface area contributed by atoms with Gasteiger partial charge in [-0.1, -0.05) is 29.8 Å². The molecule has 94 valence electrons. The van der Waals surface area contributed by atoms with E-state index in [4.69, 9.17) is 16.3 Å². The SMILES string of the molecule is Cc1cc(C(O)C2Cc3ccccc3O2)sc1Cl. The molecule has 0 aliphatic carbocycles. The molecule has 2 atom stereocenters. The molecule has 0 saturated heterocycles. The minimum Gasteiger partial charge on any atom is -0.487 e. The summed E-state index contributed by atoms with van der Waals surface area (Å²) < 4.78 is 6.52. The zero-order valence-electron chi connectivity index (χ0n) is 9.89. The second kappa shape index (κ2) is 4.57. The summed E-state index contributed by atoms with van der Waals surface area (Å²) in [6, 6.07) is 9.84. The molecule has 1 N–H and O–H groups in total. The summed E-state index contributed by atoms with van der Waals surface area (Å²) in [5.74, 6) is 0.876. The topological polar surface area (TPSA) is 29.5 Å². The van der Waals surface area contributed by atoms with Gasteiger partial charge in [-0.05, 0) is 30.2 Å². The highest BCUT2D eigenvalue weighted by molar-refractivity contribution is 7.16. The van der Waals surface area contributed by atoms with Gasteiger partial charge >= 0.3 is 0 Å². The molecular weight excluding hydrogens is 268 g/mol. The molecule has 1 aromatic carbocycles. The van der Waals surface area contributed by atoms with Crippen molar-refractivity contribution in [2.75, 3.05) is 0 Å². The molecule has 2 unspecified atom stereocenters. The Hall–Kier alpha value is -1.03. The molecule has 0 radical (unpaired) electrons. The summed E-state index contributed by atoms with van der Waals surface area (Å²) in [5.41, 5.74) is 2.16. The van der Waals surface area contributed by atoms with Crippen LogP contribution in [0.5, 0.6) is 5.75 Å². The Morgan fingerprint density at radius 3 is 2.89 bits per heavy atom. The van der Waals surface area contributed by atoms with Crippen LogP contribution in [0.2, 0.25) is 4.34 Å². The maximum Gasteiger partial charge on any atom is 0.134 e. The van der Waals surface area contributed by atoms with E-state index in [1.807, 2.05) is 37.3 Å². The molecule has 2 nitrogen and oxygen atoms in total. The fraction of sp³-hybridized carbons (Fsp3) is 0.286. The van der Waals surface area contributed by atoms with Gasteiger partial charge in [-0.15, -0.1) is 11.3 Å². The van der Waals surface area contributed by atoms with Gasteiger partial charge in [0.25, 0.3) is 0 Å². The van der Waals surface area contributed by atoms with Crippen LogP contribution in [0.25, 0.3) is 0 Å². The number of ether oxygens (including phenoxy) is 1. The second-order valence-electron chi connectivity index (χ2n) is 4.52. The minimum absolute atomic E-state index is 0.212. The van der Waals surface area contributed by atoms with Crippen molar-refractivity contribution in [3.63, 3.8) is 0 Å². The molecule has 0 amide bonds. The normalized spacial score (nSPS) is 19.4. The maximum absolute atomic E-state index is 10.4. The van der Waals surface area contributed by atoms with Gasteiger partial charge in [-0.25, -0.2) is 0 Å². The third-order valence-electron chi connectivity index (χ3n) is 3.19. The van der Waals surface area contributed by atoms with Crippen LogP contribution in [0.15, 0.2) is 30.3 Å². The Labute approximate surface area is 115 Å². The Morgan fingerprint density at radius 2 is 2.22 bits per heavy atom. The first-order valence-electron chi connectivity index (χ1n) is 5.83. The highest BCUT2D eigenvalue weighted by Crippen LogP contribution is 2.38. The van der Waals surface area contributed by atoms with E-state index in [9.17, 15) is 5.11 Å². The predicted molar refractivity (Wildman–Crippen MR) is 73.6 cm³/mol. The fourth-order valence-electron chi connectivity index (χ4n) is 2.20. The van der Waals surface area contributed by atoms with E-state index in [1.54, 1.807) is 0 Å². The average Bonchev–Trinajstić information content (AvgIpc) is 2.93. The van der Waals surface area contributed by atoms with E-state index in [0.717, 1.165) is 32.5 Å². The van der Waals surface area contributed by atoms with Gasteiger partial charge < -0.3 is 9.84 Å². The van der Waals surface area contributed by atoms with Crippen LogP contribution in [-0.2, 0) is 6.42 Å². The lowest BCUT2D eigenvalue weighted by Crippen LogP contribution is -2.22. The van der Waals surface area contributed by atoms with Gasteiger partial charge in [0.05, 0.1) is 4.34 Å². The lowest BCUT2D eigenvalue weighted by molar-refractivity contribution is 0.0517. The molecule has 3 rings (SSSR count). The van der Waals surface area contributed by atoms with Gasteiger partial charge in [-0.3, -0.25) is 0 Å². The summed E-state index contributed by atoms with van der Waals surface area (Å²) in [6.07, 6.45) is -0.0866. The number of aryl methyl sites for hydroxylation is 1. The zero-order chi connectivity index (χ0) is 12.7. The molecule has 1 aromatic heterocycles. The monoisotopic (exact) mass is 280 g/mol. The number of aliphatic hydroxyl groups excluding tert-OH is 1. The first-order chi connectivity index (χ1) is 8.65. The van der Waals surface area contributed by atoms with Crippen LogP contribution in [-0.4, -0.2) is 11.2 Å². The van der Waals surface area contributed by atoms with Gasteiger partial charge in [0.1, 0.15) is 18.0 Å². The van der Waals surface area contributed by atoms with E-state index >= 15 is 0 Å². The van der Waals surface area contributed by atoms with Crippen LogP contribution < -0.4 is 4.74 Å². The Balaban J connectivity index is 1.82. The molecule has 2 heterocycles. The molecule has 0 spiro atoms. The van der Waals surface area contributed by atoms with Crippen LogP contribution in [0, 0.1) is 6.92 Å². The Kier molecular flexibility index (Phi) is 3.06. The summed E-state index contributed by atoms with van der Waals surface area (Å²) in [5, 5.41) is 10.4. The molecule has 0 fully saturated rings. The van der Waals surface area contributed by atoms with Crippen LogP contribution in [0.3, 0.4) is 0 Å². The number of halogens is 1. The molecule has 4 heteroatoms.